The van der Waals surface area contributed by atoms with Gasteiger partial charge in [-0.2, -0.15) is 0 Å². The Bertz CT molecular complexity index is 1100. The average Bonchev–Trinajstić information content (AvgIpc) is 2.66. The molecule has 0 aliphatic carbocycles. The molecule has 2 aromatic rings. The molecule has 2 atom stereocenters. The number of guanidine groups is 1. The van der Waals surface area contributed by atoms with Crippen molar-refractivity contribution in [3.63, 3.8) is 0 Å². The predicted octanol–water partition coefficient (Wildman–Crippen LogP) is 2.84. The molecule has 7 nitrogen and oxygen atoms in total. The number of sulfone groups is 1. The fourth-order valence-electron chi connectivity index (χ4n) is 3.72. The third-order valence-electron chi connectivity index (χ3n) is 5.68. The molecule has 3 rings (SSSR count). The number of nitrogens with zero attached hydrogens (tertiary/aromatic N) is 1. The molecule has 30 heavy (non-hydrogen) atoms. The van der Waals surface area contributed by atoms with Gasteiger partial charge in [0.15, 0.2) is 15.8 Å². The topological polar surface area (TPSA) is 116 Å². The fourth-order valence-corrected chi connectivity index (χ4v) is 4.92. The monoisotopic (exact) mass is 428 g/mol. The number of carbonyl (C=O) groups is 1. The number of nitrogens with one attached hydrogen (secondary N) is 2. The molecule has 0 saturated carbocycles. The number of nitrogen functional groups attached to an aromatic ring is 1. The Morgan fingerprint density at radius 2 is 1.73 bits per heavy atom. The number of hydrogen-bond donors (Lipinski definition) is 3. The highest BCUT2D eigenvalue weighted by molar-refractivity contribution is 7.92. The van der Waals surface area contributed by atoms with E-state index >= 15 is 0 Å². The zero-order chi connectivity index (χ0) is 22.5. The minimum Gasteiger partial charge on any atom is -0.399 e. The summed E-state index contributed by atoms with van der Waals surface area (Å²) in [5.74, 6) is -0.937. The molecule has 1 aliphatic heterocycles. The maximum absolute atomic E-state index is 13.2. The van der Waals surface area contributed by atoms with Crippen molar-refractivity contribution in [3.8, 4) is 0 Å². The van der Waals surface area contributed by atoms with Crippen molar-refractivity contribution in [2.45, 2.75) is 48.8 Å². The van der Waals surface area contributed by atoms with E-state index in [0.717, 1.165) is 5.56 Å². The largest absolute Gasteiger partial charge is 0.399 e. The second-order valence-electron chi connectivity index (χ2n) is 8.82. The Hall–Kier alpha value is -2.87. The average molecular weight is 429 g/mol. The SMILES string of the molecule is CN1C(=N)N[C@](C)(c2cccc(N)c2)[C@H](c2ccc(S(=O)(=O)C(C)(C)C)cc2)C1=O. The lowest BCUT2D eigenvalue weighted by molar-refractivity contribution is -0.131. The van der Waals surface area contributed by atoms with Crippen LogP contribution in [0, 0.1) is 5.41 Å². The van der Waals surface area contributed by atoms with E-state index in [1.807, 2.05) is 13.0 Å². The molecule has 1 fully saturated rings. The Kier molecular flexibility index (Phi) is 5.18. The zero-order valence-electron chi connectivity index (χ0n) is 17.9. The van der Waals surface area contributed by atoms with Crippen molar-refractivity contribution < 1.29 is 13.2 Å². The Morgan fingerprint density at radius 1 is 1.13 bits per heavy atom. The van der Waals surface area contributed by atoms with Crippen LogP contribution in [0.25, 0.3) is 0 Å². The highest BCUT2D eigenvalue weighted by atomic mass is 32.2. The maximum Gasteiger partial charge on any atom is 0.239 e. The van der Waals surface area contributed by atoms with Gasteiger partial charge < -0.3 is 11.1 Å². The van der Waals surface area contributed by atoms with Gasteiger partial charge in [-0.25, -0.2) is 8.42 Å². The number of rotatable bonds is 3. The molecule has 1 heterocycles. The summed E-state index contributed by atoms with van der Waals surface area (Å²) in [5.41, 5.74) is 7.02. The highest BCUT2D eigenvalue weighted by Gasteiger charge is 2.48. The van der Waals surface area contributed by atoms with E-state index in [2.05, 4.69) is 5.32 Å². The molecule has 1 amide bonds. The Morgan fingerprint density at radius 3 is 2.27 bits per heavy atom. The van der Waals surface area contributed by atoms with Crippen LogP contribution in [-0.2, 0) is 20.2 Å². The molecule has 0 unspecified atom stereocenters. The van der Waals surface area contributed by atoms with Crippen molar-refractivity contribution in [1.29, 1.82) is 5.41 Å². The van der Waals surface area contributed by atoms with Crippen molar-refractivity contribution in [2.75, 3.05) is 12.8 Å². The van der Waals surface area contributed by atoms with E-state index < -0.39 is 26.0 Å². The fraction of sp³-hybridized carbons (Fsp3) is 0.364. The summed E-state index contributed by atoms with van der Waals surface area (Å²) in [7, 11) is -1.96. The van der Waals surface area contributed by atoms with Gasteiger partial charge in [0.1, 0.15) is 0 Å². The first kappa shape index (κ1) is 21.8. The van der Waals surface area contributed by atoms with Crippen LogP contribution in [0.1, 0.15) is 44.7 Å². The molecule has 0 aromatic heterocycles. The molecular weight excluding hydrogens is 400 g/mol. The smallest absolute Gasteiger partial charge is 0.239 e. The van der Waals surface area contributed by atoms with Gasteiger partial charge in [-0.1, -0.05) is 24.3 Å². The van der Waals surface area contributed by atoms with Crippen LogP contribution in [0.2, 0.25) is 0 Å². The number of anilines is 1. The van der Waals surface area contributed by atoms with Crippen molar-refractivity contribution in [1.82, 2.24) is 10.2 Å². The van der Waals surface area contributed by atoms with Crippen LogP contribution in [0.4, 0.5) is 5.69 Å². The van der Waals surface area contributed by atoms with Crippen LogP contribution in [-0.4, -0.2) is 37.0 Å². The number of carbonyl (C=O) groups excluding carboxylic acids is 1. The van der Waals surface area contributed by atoms with Gasteiger partial charge in [0.2, 0.25) is 5.91 Å². The first-order valence-electron chi connectivity index (χ1n) is 9.64. The molecule has 0 bridgehead atoms. The van der Waals surface area contributed by atoms with Gasteiger partial charge in [-0.15, -0.1) is 0 Å². The first-order chi connectivity index (χ1) is 13.8. The van der Waals surface area contributed by atoms with E-state index in [9.17, 15) is 13.2 Å². The van der Waals surface area contributed by atoms with Crippen LogP contribution < -0.4 is 11.1 Å². The number of benzene rings is 2. The third-order valence-corrected chi connectivity index (χ3v) is 8.19. The van der Waals surface area contributed by atoms with E-state index in [1.54, 1.807) is 70.3 Å². The van der Waals surface area contributed by atoms with Crippen molar-refractivity contribution in [2.24, 2.45) is 0 Å². The second-order valence-corrected chi connectivity index (χ2v) is 11.5. The van der Waals surface area contributed by atoms with Crippen LogP contribution in [0.5, 0.6) is 0 Å². The quantitative estimate of drug-likeness (QED) is 0.650. The summed E-state index contributed by atoms with van der Waals surface area (Å²) in [6.07, 6.45) is 0. The van der Waals surface area contributed by atoms with Gasteiger partial charge in [0, 0.05) is 12.7 Å². The number of hydrogen-bond acceptors (Lipinski definition) is 5. The number of likely N-dealkylation sites (N-methyl/N-ethyl adjacent to an activating group) is 1. The minimum atomic E-state index is -3.51. The van der Waals surface area contributed by atoms with E-state index in [4.69, 9.17) is 11.1 Å². The standard InChI is InChI=1S/C22H28N4O3S/c1-21(2,3)30(28,29)17-11-9-14(10-12-17)18-19(27)26(5)20(24)25-22(18,4)15-7-6-8-16(23)13-15/h6-13,18H,23H2,1-5H3,(H2,24,25)/t18-,22-/m1/s1. The maximum atomic E-state index is 13.2. The lowest BCUT2D eigenvalue weighted by Crippen LogP contribution is -2.62. The minimum absolute atomic E-state index is 0.00638. The van der Waals surface area contributed by atoms with Gasteiger partial charge in [-0.05, 0) is 63.1 Å². The molecule has 2 aromatic carbocycles. The normalized spacial score (nSPS) is 22.7. The lowest BCUT2D eigenvalue weighted by atomic mass is 9.73. The van der Waals surface area contributed by atoms with Gasteiger partial charge in [-0.3, -0.25) is 15.1 Å². The summed E-state index contributed by atoms with van der Waals surface area (Å²) in [6, 6.07) is 13.7. The molecule has 0 radical (unpaired) electrons. The number of amides is 1. The molecule has 4 N–H and O–H groups in total. The first-order valence-corrected chi connectivity index (χ1v) is 11.1. The summed E-state index contributed by atoms with van der Waals surface area (Å²) in [5, 5.41) is 11.4. The van der Waals surface area contributed by atoms with Crippen molar-refractivity contribution in [3.05, 3.63) is 59.7 Å². The van der Waals surface area contributed by atoms with Crippen LogP contribution in [0.15, 0.2) is 53.4 Å². The van der Waals surface area contributed by atoms with E-state index in [0.29, 0.717) is 11.3 Å². The summed E-state index contributed by atoms with van der Waals surface area (Å²) in [6.45, 7) is 6.82. The third kappa shape index (κ3) is 3.45. The Balaban J connectivity index is 2.13. The van der Waals surface area contributed by atoms with Crippen molar-refractivity contribution >= 4 is 27.4 Å². The molecule has 1 saturated heterocycles. The summed E-state index contributed by atoms with van der Waals surface area (Å²) in [4.78, 5) is 14.7. The molecule has 1 aliphatic rings. The van der Waals surface area contributed by atoms with Crippen LogP contribution >= 0.6 is 0 Å². The molecular formula is C22H28N4O3S. The lowest BCUT2D eigenvalue weighted by Gasteiger charge is -2.46. The van der Waals surface area contributed by atoms with E-state index in [-0.39, 0.29) is 16.8 Å². The van der Waals surface area contributed by atoms with Gasteiger partial charge in [0.05, 0.1) is 21.1 Å². The summed E-state index contributed by atoms with van der Waals surface area (Å²) < 4.78 is 24.6. The Labute approximate surface area is 177 Å². The number of nitrogens with two attached hydrogens (primary N) is 1. The highest BCUT2D eigenvalue weighted by Crippen LogP contribution is 2.41. The zero-order valence-corrected chi connectivity index (χ0v) is 18.7. The second kappa shape index (κ2) is 7.12. The summed E-state index contributed by atoms with van der Waals surface area (Å²) >= 11 is 0. The molecule has 0 spiro atoms. The molecule has 160 valence electrons. The predicted molar refractivity (Wildman–Crippen MR) is 118 cm³/mol. The van der Waals surface area contributed by atoms with Gasteiger partial charge in [0.25, 0.3) is 0 Å². The van der Waals surface area contributed by atoms with Gasteiger partial charge >= 0.3 is 0 Å². The molecule has 8 heteroatoms. The van der Waals surface area contributed by atoms with Crippen LogP contribution in [0.3, 0.4) is 0 Å². The van der Waals surface area contributed by atoms with E-state index in [1.165, 1.54) is 4.90 Å².